The highest BCUT2D eigenvalue weighted by molar-refractivity contribution is 7.51. The van der Waals surface area contributed by atoms with E-state index in [9.17, 15) is 4.57 Å². The summed E-state index contributed by atoms with van der Waals surface area (Å²) in [5.74, 6) is 0. The van der Waals surface area contributed by atoms with E-state index in [2.05, 4.69) is 16.5 Å². The number of unbranched alkanes of at least 4 members (excludes halogenated alkanes) is 7. The molecule has 0 aromatic rings. The first-order valence-electron chi connectivity index (χ1n) is 6.17. The fraction of sp³-hybridized carbons (Fsp3) is 1.00. The Bertz CT molecular complexity index is 190. The highest BCUT2D eigenvalue weighted by Gasteiger charge is 2.10. The van der Waals surface area contributed by atoms with Crippen molar-refractivity contribution >= 4 is 7.60 Å². The first-order valence-corrected chi connectivity index (χ1v) is 8.20. The summed E-state index contributed by atoms with van der Waals surface area (Å²) >= 11 is 0. The lowest BCUT2D eigenvalue weighted by Gasteiger charge is -2.05. The molecule has 98 valence electrons. The van der Waals surface area contributed by atoms with Gasteiger partial charge in [-0.1, -0.05) is 51.9 Å². The normalized spacial score (nSPS) is 14.9. The Hall–Kier alpha value is 0.110. The van der Waals surface area contributed by atoms with Crippen molar-refractivity contribution in [3.8, 4) is 0 Å². The molecule has 0 aliphatic carbocycles. The lowest BCUT2D eigenvalue weighted by molar-refractivity contribution is -0.212. The monoisotopic (exact) mass is 252 g/mol. The van der Waals surface area contributed by atoms with Gasteiger partial charge in [0.05, 0.1) is 6.61 Å². The number of hydrogen-bond acceptors (Lipinski definition) is 3. The predicted molar refractivity (Wildman–Crippen MR) is 65.4 cm³/mol. The molecule has 0 aromatic heterocycles. The molecule has 0 aliphatic heterocycles. The molecule has 0 saturated heterocycles. The van der Waals surface area contributed by atoms with Crippen molar-refractivity contribution in [1.82, 2.24) is 0 Å². The van der Waals surface area contributed by atoms with Crippen LogP contribution < -0.4 is 0 Å². The quantitative estimate of drug-likeness (QED) is 0.262. The van der Waals surface area contributed by atoms with Crippen LogP contribution in [0.25, 0.3) is 0 Å². The highest BCUT2D eigenvalue weighted by Crippen LogP contribution is 2.36. The van der Waals surface area contributed by atoms with E-state index in [0.29, 0.717) is 6.61 Å². The average Bonchev–Trinajstić information content (AvgIpc) is 2.19. The summed E-state index contributed by atoms with van der Waals surface area (Å²) in [5, 5.41) is 0. The van der Waals surface area contributed by atoms with Gasteiger partial charge in [0.15, 0.2) is 0 Å². The average molecular weight is 252 g/mol. The molecule has 0 amide bonds. The first kappa shape index (κ1) is 16.1. The molecule has 5 heteroatoms. The Labute approximate surface area is 98.8 Å². The van der Waals surface area contributed by atoms with E-state index in [1.165, 1.54) is 38.5 Å². The third-order valence-corrected chi connectivity index (χ3v) is 2.65. The second kappa shape index (κ2) is 10.3. The van der Waals surface area contributed by atoms with Crippen LogP contribution in [0.2, 0.25) is 0 Å². The van der Waals surface area contributed by atoms with Crippen molar-refractivity contribution in [2.45, 2.75) is 58.3 Å². The maximum Gasteiger partial charge on any atom is 0.352 e. The van der Waals surface area contributed by atoms with Crippen LogP contribution in [-0.2, 0) is 14.1 Å². The van der Waals surface area contributed by atoms with Crippen LogP contribution in [0.3, 0.4) is 0 Å². The molecule has 0 aliphatic rings. The van der Waals surface area contributed by atoms with E-state index in [1.54, 1.807) is 0 Å². The molecule has 1 N–H and O–H groups in total. The largest absolute Gasteiger partial charge is 0.352 e. The van der Waals surface area contributed by atoms with Gasteiger partial charge in [-0.3, -0.25) is 4.57 Å². The van der Waals surface area contributed by atoms with Crippen LogP contribution in [0.5, 0.6) is 0 Å². The van der Waals surface area contributed by atoms with Crippen molar-refractivity contribution in [1.29, 1.82) is 0 Å². The van der Waals surface area contributed by atoms with Gasteiger partial charge in [-0.05, 0) is 6.42 Å². The molecule has 0 bridgehead atoms. The zero-order valence-electron chi connectivity index (χ0n) is 10.5. The third-order valence-electron chi connectivity index (χ3n) is 2.27. The summed E-state index contributed by atoms with van der Waals surface area (Å²) in [6, 6.07) is 0. The zero-order chi connectivity index (χ0) is 12.3. The Morgan fingerprint density at radius 3 is 2.00 bits per heavy atom. The summed E-state index contributed by atoms with van der Waals surface area (Å²) in [4.78, 5) is 13.4. The Balaban J connectivity index is 3.02. The van der Waals surface area contributed by atoms with Crippen molar-refractivity contribution in [2.75, 3.05) is 13.3 Å². The minimum Gasteiger partial charge on any atom is -0.323 e. The molecule has 0 saturated carbocycles. The standard InChI is InChI=1S/C11H25O4P/c1-3-4-5-6-7-8-9-10-11-14-15-16(2,12)13/h3-11H2,1-2H3,(H,12,13). The number of rotatable bonds is 11. The van der Waals surface area contributed by atoms with Crippen molar-refractivity contribution in [3.05, 3.63) is 0 Å². The molecule has 4 nitrogen and oxygen atoms in total. The minimum absolute atomic E-state index is 0.396. The molecule has 0 aromatic carbocycles. The maximum atomic E-state index is 10.7. The van der Waals surface area contributed by atoms with Gasteiger partial charge in [-0.2, -0.15) is 0 Å². The SMILES string of the molecule is CCCCCCCCCCOOP(C)(=O)O. The van der Waals surface area contributed by atoms with Crippen LogP contribution in [0.15, 0.2) is 0 Å². The van der Waals surface area contributed by atoms with E-state index < -0.39 is 7.60 Å². The zero-order valence-corrected chi connectivity index (χ0v) is 11.4. The van der Waals surface area contributed by atoms with Gasteiger partial charge in [-0.15, -0.1) is 4.67 Å². The van der Waals surface area contributed by atoms with Crippen molar-refractivity contribution < 1.29 is 19.0 Å². The van der Waals surface area contributed by atoms with Crippen LogP contribution >= 0.6 is 7.60 Å². The molecule has 0 rings (SSSR count). The predicted octanol–water partition coefficient (Wildman–Crippen LogP) is 3.89. The van der Waals surface area contributed by atoms with Crippen molar-refractivity contribution in [3.63, 3.8) is 0 Å². The molecule has 0 radical (unpaired) electrons. The molecular formula is C11H25O4P. The summed E-state index contributed by atoms with van der Waals surface area (Å²) in [6.07, 6.45) is 9.71. The molecular weight excluding hydrogens is 227 g/mol. The lowest BCUT2D eigenvalue weighted by atomic mass is 10.1. The van der Waals surface area contributed by atoms with Gasteiger partial charge in [0.1, 0.15) is 0 Å². The van der Waals surface area contributed by atoms with Crippen molar-refractivity contribution in [2.24, 2.45) is 0 Å². The van der Waals surface area contributed by atoms with Crippen LogP contribution in [0, 0.1) is 0 Å². The Kier molecular flexibility index (Phi) is 10.3. The van der Waals surface area contributed by atoms with E-state index in [4.69, 9.17) is 4.89 Å². The molecule has 0 heterocycles. The second-order valence-electron chi connectivity index (χ2n) is 4.17. The third kappa shape index (κ3) is 14.1. The van der Waals surface area contributed by atoms with E-state index in [0.717, 1.165) is 19.5 Å². The van der Waals surface area contributed by atoms with Gasteiger partial charge in [0.25, 0.3) is 0 Å². The van der Waals surface area contributed by atoms with Gasteiger partial charge in [0, 0.05) is 6.66 Å². The molecule has 1 atom stereocenters. The Morgan fingerprint density at radius 1 is 1.00 bits per heavy atom. The summed E-state index contributed by atoms with van der Waals surface area (Å²) in [5.41, 5.74) is 0. The fourth-order valence-corrected chi connectivity index (χ4v) is 1.70. The Morgan fingerprint density at radius 2 is 1.50 bits per heavy atom. The topological polar surface area (TPSA) is 55.8 Å². The summed E-state index contributed by atoms with van der Waals surface area (Å²) in [7, 11) is -3.46. The van der Waals surface area contributed by atoms with Crippen LogP contribution in [-0.4, -0.2) is 18.2 Å². The first-order chi connectivity index (χ1) is 7.56. The van der Waals surface area contributed by atoms with Crippen LogP contribution in [0.4, 0.5) is 0 Å². The fourth-order valence-electron chi connectivity index (χ4n) is 1.43. The summed E-state index contributed by atoms with van der Waals surface area (Å²) < 4.78 is 15.0. The smallest absolute Gasteiger partial charge is 0.323 e. The molecule has 16 heavy (non-hydrogen) atoms. The van der Waals surface area contributed by atoms with Gasteiger partial charge in [-0.25, -0.2) is 4.89 Å². The number of hydrogen-bond donors (Lipinski definition) is 1. The second-order valence-corrected chi connectivity index (χ2v) is 5.93. The van der Waals surface area contributed by atoms with E-state index >= 15 is 0 Å². The van der Waals surface area contributed by atoms with Gasteiger partial charge < -0.3 is 4.89 Å². The van der Waals surface area contributed by atoms with Crippen LogP contribution in [0.1, 0.15) is 58.3 Å². The highest BCUT2D eigenvalue weighted by atomic mass is 31.2. The minimum atomic E-state index is -3.46. The maximum absolute atomic E-state index is 10.7. The molecule has 0 fully saturated rings. The molecule has 1 unspecified atom stereocenters. The van der Waals surface area contributed by atoms with Gasteiger partial charge >= 0.3 is 7.60 Å². The molecule has 0 spiro atoms. The summed E-state index contributed by atoms with van der Waals surface area (Å²) in [6.45, 7) is 3.72. The van der Waals surface area contributed by atoms with E-state index in [-0.39, 0.29) is 0 Å². The van der Waals surface area contributed by atoms with E-state index in [1.807, 2.05) is 0 Å². The lowest BCUT2D eigenvalue weighted by Crippen LogP contribution is -1.94. The van der Waals surface area contributed by atoms with Gasteiger partial charge in [0.2, 0.25) is 0 Å².